The first-order valence-electron chi connectivity index (χ1n) is 13.3. The van der Waals surface area contributed by atoms with Crippen molar-refractivity contribution in [2.45, 2.75) is 71.9 Å². The first kappa shape index (κ1) is 24.5. The lowest BCUT2D eigenvalue weighted by molar-refractivity contribution is 0.0613. The van der Waals surface area contributed by atoms with Crippen LogP contribution in [-0.4, -0.2) is 57.5 Å². The second-order valence-corrected chi connectivity index (χ2v) is 9.21. The molecule has 3 heterocycles. The standard InChI is InChI=1S/C27H34N4O.C2H6/c1-2-31-25(20-28-26(31)24-13-9-11-21-10-5-6-12-23(21)24)27(32)30-18-14-22(15-19-30)29-16-7-3-4-8-17-29;1-2/h5-6,9-13,20,22H,2-4,7-8,14-19H2,1H3;1-2H3. The number of piperidine rings is 1. The van der Waals surface area contributed by atoms with Crippen molar-refractivity contribution in [1.29, 1.82) is 0 Å². The molecular weight excluding hydrogens is 420 g/mol. The molecule has 5 heteroatoms. The summed E-state index contributed by atoms with van der Waals surface area (Å²) >= 11 is 0. The molecule has 2 aliphatic rings. The van der Waals surface area contributed by atoms with Crippen LogP contribution in [0.15, 0.2) is 48.7 Å². The molecule has 0 radical (unpaired) electrons. The first-order chi connectivity index (χ1) is 16.8. The predicted octanol–water partition coefficient (Wildman–Crippen LogP) is 6.23. The van der Waals surface area contributed by atoms with Gasteiger partial charge in [-0.3, -0.25) is 4.79 Å². The lowest BCUT2D eigenvalue weighted by Crippen LogP contribution is -2.47. The number of fused-ring (bicyclic) bond motifs is 1. The molecule has 182 valence electrons. The highest BCUT2D eigenvalue weighted by Gasteiger charge is 2.29. The highest BCUT2D eigenvalue weighted by atomic mass is 16.2. The summed E-state index contributed by atoms with van der Waals surface area (Å²) in [6.45, 7) is 11.0. The number of carbonyl (C=O) groups is 1. The summed E-state index contributed by atoms with van der Waals surface area (Å²) < 4.78 is 2.09. The van der Waals surface area contributed by atoms with Gasteiger partial charge < -0.3 is 14.4 Å². The van der Waals surface area contributed by atoms with Crippen molar-refractivity contribution in [2.75, 3.05) is 26.2 Å². The molecule has 3 aromatic rings. The summed E-state index contributed by atoms with van der Waals surface area (Å²) in [7, 11) is 0. The van der Waals surface area contributed by atoms with E-state index >= 15 is 0 Å². The van der Waals surface area contributed by atoms with Gasteiger partial charge in [0, 0.05) is 31.2 Å². The van der Waals surface area contributed by atoms with E-state index in [0.29, 0.717) is 11.7 Å². The van der Waals surface area contributed by atoms with Gasteiger partial charge in [-0.05, 0) is 56.5 Å². The summed E-state index contributed by atoms with van der Waals surface area (Å²) in [6, 6.07) is 15.3. The summed E-state index contributed by atoms with van der Waals surface area (Å²) in [6.07, 6.45) is 9.34. The lowest BCUT2D eigenvalue weighted by Gasteiger charge is -2.38. The molecule has 2 aliphatic heterocycles. The van der Waals surface area contributed by atoms with Gasteiger partial charge in [0.05, 0.1) is 6.20 Å². The molecule has 2 aromatic carbocycles. The molecule has 2 fully saturated rings. The van der Waals surface area contributed by atoms with Gasteiger partial charge in [-0.15, -0.1) is 0 Å². The van der Waals surface area contributed by atoms with E-state index < -0.39 is 0 Å². The van der Waals surface area contributed by atoms with E-state index in [-0.39, 0.29) is 5.91 Å². The molecule has 5 rings (SSSR count). The van der Waals surface area contributed by atoms with Gasteiger partial charge in [0.2, 0.25) is 0 Å². The van der Waals surface area contributed by atoms with E-state index in [1.165, 1.54) is 49.5 Å². The van der Waals surface area contributed by atoms with E-state index in [1.807, 2.05) is 18.7 Å². The Bertz CT molecular complexity index is 1070. The van der Waals surface area contributed by atoms with Crippen molar-refractivity contribution < 1.29 is 4.79 Å². The summed E-state index contributed by atoms with van der Waals surface area (Å²) in [5, 5.41) is 2.37. The van der Waals surface area contributed by atoms with Gasteiger partial charge >= 0.3 is 0 Å². The van der Waals surface area contributed by atoms with Crippen LogP contribution in [0.1, 0.15) is 69.8 Å². The summed E-state index contributed by atoms with van der Waals surface area (Å²) in [4.78, 5) is 22.9. The predicted molar refractivity (Wildman–Crippen MR) is 141 cm³/mol. The average molecular weight is 461 g/mol. The average Bonchev–Trinajstić information content (AvgIpc) is 3.14. The molecule has 0 aliphatic carbocycles. The SMILES string of the molecule is CC.CCn1c(C(=O)N2CCC(N3CCCCCC3)CC2)cnc1-c1cccc2ccccc12. The van der Waals surface area contributed by atoms with Gasteiger partial charge in [0.25, 0.3) is 5.91 Å². The molecular formula is C29H40N4O. The molecule has 1 amide bonds. The number of aromatic nitrogens is 2. The van der Waals surface area contributed by atoms with E-state index in [0.717, 1.165) is 43.9 Å². The number of likely N-dealkylation sites (tertiary alicyclic amines) is 2. The number of rotatable bonds is 4. The first-order valence-corrected chi connectivity index (χ1v) is 13.3. The van der Waals surface area contributed by atoms with Crippen LogP contribution < -0.4 is 0 Å². The monoisotopic (exact) mass is 460 g/mol. The number of amides is 1. The minimum atomic E-state index is 0.125. The normalized spacial score (nSPS) is 17.8. The maximum absolute atomic E-state index is 13.5. The second-order valence-electron chi connectivity index (χ2n) is 9.21. The van der Waals surface area contributed by atoms with Crippen LogP contribution in [0.2, 0.25) is 0 Å². The molecule has 0 N–H and O–H groups in total. The van der Waals surface area contributed by atoms with Crippen molar-refractivity contribution in [2.24, 2.45) is 0 Å². The zero-order valence-electron chi connectivity index (χ0n) is 21.2. The minimum absolute atomic E-state index is 0.125. The van der Waals surface area contributed by atoms with Gasteiger partial charge in [-0.25, -0.2) is 4.98 Å². The zero-order chi connectivity index (χ0) is 23.9. The number of imidazole rings is 1. The van der Waals surface area contributed by atoms with Crippen molar-refractivity contribution in [1.82, 2.24) is 19.4 Å². The van der Waals surface area contributed by atoms with Crippen LogP contribution in [0.4, 0.5) is 0 Å². The second kappa shape index (κ2) is 11.7. The highest BCUT2D eigenvalue weighted by molar-refractivity contribution is 5.97. The van der Waals surface area contributed by atoms with Crippen molar-refractivity contribution >= 4 is 16.7 Å². The van der Waals surface area contributed by atoms with Crippen molar-refractivity contribution in [3.8, 4) is 11.4 Å². The number of hydrogen-bond acceptors (Lipinski definition) is 3. The van der Waals surface area contributed by atoms with Crippen LogP contribution in [-0.2, 0) is 6.54 Å². The van der Waals surface area contributed by atoms with E-state index in [1.54, 1.807) is 6.20 Å². The molecule has 5 nitrogen and oxygen atoms in total. The number of benzene rings is 2. The Morgan fingerprint density at radius 3 is 2.29 bits per heavy atom. The third-order valence-corrected chi connectivity index (χ3v) is 7.33. The Labute approximate surface area is 204 Å². The zero-order valence-corrected chi connectivity index (χ0v) is 21.2. The van der Waals surface area contributed by atoms with Crippen molar-refractivity contribution in [3.63, 3.8) is 0 Å². The van der Waals surface area contributed by atoms with E-state index in [9.17, 15) is 4.79 Å². The number of nitrogens with zero attached hydrogens (tertiary/aromatic N) is 4. The largest absolute Gasteiger partial charge is 0.337 e. The Kier molecular flexibility index (Phi) is 8.39. The Hall–Kier alpha value is -2.66. The molecule has 0 spiro atoms. The fourth-order valence-electron chi connectivity index (χ4n) is 5.56. The van der Waals surface area contributed by atoms with E-state index in [2.05, 4.69) is 58.9 Å². The minimum Gasteiger partial charge on any atom is -0.337 e. The van der Waals surface area contributed by atoms with Gasteiger partial charge in [0.15, 0.2) is 0 Å². The summed E-state index contributed by atoms with van der Waals surface area (Å²) in [5.41, 5.74) is 1.80. The number of carbonyl (C=O) groups excluding carboxylic acids is 1. The molecule has 34 heavy (non-hydrogen) atoms. The maximum Gasteiger partial charge on any atom is 0.272 e. The quantitative estimate of drug-likeness (QED) is 0.463. The van der Waals surface area contributed by atoms with Crippen LogP contribution in [0, 0.1) is 0 Å². The van der Waals surface area contributed by atoms with E-state index in [4.69, 9.17) is 4.98 Å². The third kappa shape index (κ3) is 5.05. The highest BCUT2D eigenvalue weighted by Crippen LogP contribution is 2.29. The van der Waals surface area contributed by atoms with Crippen LogP contribution in [0.5, 0.6) is 0 Å². The van der Waals surface area contributed by atoms with Crippen LogP contribution in [0.25, 0.3) is 22.2 Å². The molecule has 0 unspecified atom stereocenters. The lowest BCUT2D eigenvalue weighted by atomic mass is 10.0. The Morgan fingerprint density at radius 1 is 0.912 bits per heavy atom. The van der Waals surface area contributed by atoms with Gasteiger partial charge in [-0.1, -0.05) is 69.2 Å². The Balaban J connectivity index is 0.00000133. The maximum atomic E-state index is 13.5. The molecule has 0 bridgehead atoms. The molecule has 1 aromatic heterocycles. The number of hydrogen-bond donors (Lipinski definition) is 0. The van der Waals surface area contributed by atoms with Crippen molar-refractivity contribution in [3.05, 3.63) is 54.4 Å². The molecule has 0 saturated carbocycles. The molecule has 0 atom stereocenters. The Morgan fingerprint density at radius 2 is 1.59 bits per heavy atom. The van der Waals surface area contributed by atoms with Gasteiger partial charge in [0.1, 0.15) is 11.5 Å². The third-order valence-electron chi connectivity index (χ3n) is 7.33. The smallest absolute Gasteiger partial charge is 0.272 e. The van der Waals surface area contributed by atoms with Crippen LogP contribution >= 0.6 is 0 Å². The fourth-order valence-corrected chi connectivity index (χ4v) is 5.56. The summed E-state index contributed by atoms with van der Waals surface area (Å²) in [5.74, 6) is 1.01. The molecule has 2 saturated heterocycles. The fraction of sp³-hybridized carbons (Fsp3) is 0.517. The van der Waals surface area contributed by atoms with Crippen LogP contribution in [0.3, 0.4) is 0 Å². The van der Waals surface area contributed by atoms with Gasteiger partial charge in [-0.2, -0.15) is 0 Å². The topological polar surface area (TPSA) is 41.4 Å².